The lowest BCUT2D eigenvalue weighted by Gasteiger charge is -2.01. The normalized spacial score (nSPS) is 10.0. The maximum Gasteiger partial charge on any atom is 0.227 e. The molecule has 2 N–H and O–H groups in total. The third kappa shape index (κ3) is 3.24. The molecule has 1 heterocycles. The van der Waals surface area contributed by atoms with Crippen LogP contribution in [0.4, 0.5) is 5.95 Å². The van der Waals surface area contributed by atoms with Crippen molar-refractivity contribution in [1.82, 2.24) is 15.2 Å². The molecule has 92 valence electrons. The zero-order chi connectivity index (χ0) is 12.8. The number of aromatic amines is 1. The van der Waals surface area contributed by atoms with E-state index >= 15 is 0 Å². The van der Waals surface area contributed by atoms with E-state index in [1.807, 2.05) is 6.07 Å². The second-order valence-corrected chi connectivity index (χ2v) is 3.67. The Bertz CT molecular complexity index is 522. The van der Waals surface area contributed by atoms with Crippen LogP contribution >= 0.6 is 0 Å². The smallest absolute Gasteiger partial charge is 0.227 e. The van der Waals surface area contributed by atoms with Crippen molar-refractivity contribution in [3.63, 3.8) is 0 Å². The van der Waals surface area contributed by atoms with Gasteiger partial charge in [-0.15, -0.1) is 0 Å². The highest BCUT2D eigenvalue weighted by atomic mass is 16.2. The predicted octanol–water partition coefficient (Wildman–Crippen LogP) is 1.41. The molecule has 1 aromatic carbocycles. The zero-order valence-electron chi connectivity index (χ0n) is 9.59. The van der Waals surface area contributed by atoms with Crippen molar-refractivity contribution in [3.05, 3.63) is 42.2 Å². The Kier molecular flexibility index (Phi) is 3.80. The first-order chi connectivity index (χ1) is 8.75. The lowest BCUT2D eigenvalue weighted by molar-refractivity contribution is -0.116. The monoisotopic (exact) mass is 244 g/mol. The van der Waals surface area contributed by atoms with E-state index in [4.69, 9.17) is 0 Å². The third-order valence-electron chi connectivity index (χ3n) is 2.35. The molecular formula is C12H12N4O2. The topological polar surface area (TPSA) is 87.7 Å². The molecule has 0 atom stereocenters. The summed E-state index contributed by atoms with van der Waals surface area (Å²) in [5.41, 5.74) is 0.616. The van der Waals surface area contributed by atoms with Crippen LogP contribution in [0.3, 0.4) is 0 Å². The van der Waals surface area contributed by atoms with Crippen molar-refractivity contribution >= 4 is 17.6 Å². The number of anilines is 1. The van der Waals surface area contributed by atoms with Crippen molar-refractivity contribution in [1.29, 1.82) is 0 Å². The summed E-state index contributed by atoms with van der Waals surface area (Å²) in [5.74, 6) is -0.0356. The fourth-order valence-corrected chi connectivity index (χ4v) is 1.46. The van der Waals surface area contributed by atoms with Crippen LogP contribution in [0, 0.1) is 0 Å². The quantitative estimate of drug-likeness (QED) is 0.778. The number of hydrogen-bond acceptors (Lipinski definition) is 4. The van der Waals surface area contributed by atoms with Gasteiger partial charge in [-0.2, -0.15) is 10.1 Å². The van der Waals surface area contributed by atoms with Crippen molar-refractivity contribution in [3.8, 4) is 0 Å². The van der Waals surface area contributed by atoms with Gasteiger partial charge in [0.05, 0.1) is 0 Å². The lowest BCUT2D eigenvalue weighted by Crippen LogP contribution is -2.14. The van der Waals surface area contributed by atoms with Gasteiger partial charge >= 0.3 is 0 Å². The van der Waals surface area contributed by atoms with Gasteiger partial charge in [-0.25, -0.2) is 5.10 Å². The Morgan fingerprint density at radius 2 is 1.94 bits per heavy atom. The molecule has 1 amide bonds. The van der Waals surface area contributed by atoms with Gasteiger partial charge in [-0.05, 0) is 0 Å². The SMILES string of the molecule is O=C(CCC(=O)c1ccccc1)Nc1ncn[nH]1. The molecule has 18 heavy (non-hydrogen) atoms. The van der Waals surface area contributed by atoms with E-state index in [1.165, 1.54) is 6.33 Å². The van der Waals surface area contributed by atoms with Gasteiger partial charge in [0.1, 0.15) is 6.33 Å². The summed E-state index contributed by atoms with van der Waals surface area (Å²) in [6.07, 6.45) is 1.59. The minimum Gasteiger partial charge on any atom is -0.295 e. The number of benzene rings is 1. The summed E-state index contributed by atoms with van der Waals surface area (Å²) in [6, 6.07) is 8.89. The van der Waals surface area contributed by atoms with Crippen LogP contribution < -0.4 is 5.32 Å². The molecule has 0 aliphatic carbocycles. The van der Waals surface area contributed by atoms with E-state index in [0.29, 0.717) is 5.56 Å². The van der Waals surface area contributed by atoms with Crippen LogP contribution in [-0.4, -0.2) is 26.9 Å². The highest BCUT2D eigenvalue weighted by Crippen LogP contribution is 2.05. The highest BCUT2D eigenvalue weighted by Gasteiger charge is 2.09. The van der Waals surface area contributed by atoms with Crippen molar-refractivity contribution in [2.75, 3.05) is 5.32 Å². The Balaban J connectivity index is 1.81. The van der Waals surface area contributed by atoms with Gasteiger partial charge in [0.15, 0.2) is 5.78 Å². The molecule has 0 radical (unpaired) electrons. The lowest BCUT2D eigenvalue weighted by atomic mass is 10.1. The molecule has 0 saturated carbocycles. The van der Waals surface area contributed by atoms with E-state index in [9.17, 15) is 9.59 Å². The number of hydrogen-bond donors (Lipinski definition) is 2. The van der Waals surface area contributed by atoms with Gasteiger partial charge in [0.25, 0.3) is 0 Å². The third-order valence-corrected chi connectivity index (χ3v) is 2.35. The van der Waals surface area contributed by atoms with Gasteiger partial charge in [0, 0.05) is 18.4 Å². The van der Waals surface area contributed by atoms with Gasteiger partial charge < -0.3 is 0 Å². The second-order valence-electron chi connectivity index (χ2n) is 3.67. The summed E-state index contributed by atoms with van der Waals surface area (Å²) in [6.45, 7) is 0. The Labute approximate surface area is 103 Å². The van der Waals surface area contributed by atoms with Crippen LogP contribution in [0.25, 0.3) is 0 Å². The van der Waals surface area contributed by atoms with E-state index in [-0.39, 0.29) is 30.5 Å². The number of amides is 1. The molecule has 0 fully saturated rings. The van der Waals surface area contributed by atoms with Crippen molar-refractivity contribution < 1.29 is 9.59 Å². The second kappa shape index (κ2) is 5.72. The summed E-state index contributed by atoms with van der Waals surface area (Å²) >= 11 is 0. The number of carbonyl (C=O) groups excluding carboxylic acids is 2. The first-order valence-electron chi connectivity index (χ1n) is 5.49. The summed E-state index contributed by atoms with van der Waals surface area (Å²) in [4.78, 5) is 27.0. The first-order valence-corrected chi connectivity index (χ1v) is 5.49. The van der Waals surface area contributed by atoms with E-state index in [0.717, 1.165) is 0 Å². The molecule has 0 saturated heterocycles. The molecule has 2 aromatic rings. The van der Waals surface area contributed by atoms with Crippen molar-refractivity contribution in [2.45, 2.75) is 12.8 Å². The standard InChI is InChI=1S/C12H12N4O2/c17-10(9-4-2-1-3-5-9)6-7-11(18)15-12-13-8-14-16-12/h1-5,8H,6-7H2,(H2,13,14,15,16,18). The van der Waals surface area contributed by atoms with E-state index in [1.54, 1.807) is 24.3 Å². The number of carbonyl (C=O) groups is 2. The highest BCUT2D eigenvalue weighted by molar-refractivity contribution is 5.99. The summed E-state index contributed by atoms with van der Waals surface area (Å²) in [7, 11) is 0. The Hall–Kier alpha value is -2.50. The molecule has 0 unspecified atom stereocenters. The molecule has 0 bridgehead atoms. The average Bonchev–Trinajstić information content (AvgIpc) is 2.90. The number of nitrogens with zero attached hydrogens (tertiary/aromatic N) is 2. The van der Waals surface area contributed by atoms with Gasteiger partial charge in [0.2, 0.25) is 11.9 Å². The van der Waals surface area contributed by atoms with Gasteiger partial charge in [-0.3, -0.25) is 14.9 Å². The van der Waals surface area contributed by atoms with Crippen LogP contribution in [-0.2, 0) is 4.79 Å². The van der Waals surface area contributed by atoms with Crippen LogP contribution in [0.5, 0.6) is 0 Å². The maximum atomic E-state index is 11.7. The number of aromatic nitrogens is 3. The Morgan fingerprint density at radius 3 is 2.61 bits per heavy atom. The molecule has 6 nitrogen and oxygen atoms in total. The molecule has 0 aliphatic heterocycles. The number of nitrogens with one attached hydrogen (secondary N) is 2. The van der Waals surface area contributed by atoms with Gasteiger partial charge in [-0.1, -0.05) is 30.3 Å². The molecular weight excluding hydrogens is 232 g/mol. The first kappa shape index (κ1) is 12.0. The van der Waals surface area contributed by atoms with Crippen LogP contribution in [0.15, 0.2) is 36.7 Å². The molecule has 6 heteroatoms. The fourth-order valence-electron chi connectivity index (χ4n) is 1.46. The van der Waals surface area contributed by atoms with E-state index < -0.39 is 0 Å². The maximum absolute atomic E-state index is 11.7. The van der Waals surface area contributed by atoms with Crippen LogP contribution in [0.1, 0.15) is 23.2 Å². The number of Topliss-reactive ketones (excluding diaryl/α,β-unsaturated/α-hetero) is 1. The predicted molar refractivity (Wildman–Crippen MR) is 65.0 cm³/mol. The van der Waals surface area contributed by atoms with Crippen molar-refractivity contribution in [2.24, 2.45) is 0 Å². The minimum atomic E-state index is -0.268. The number of H-pyrrole nitrogens is 1. The largest absolute Gasteiger partial charge is 0.295 e. The number of rotatable bonds is 5. The molecule has 2 rings (SSSR count). The number of ketones is 1. The van der Waals surface area contributed by atoms with E-state index in [2.05, 4.69) is 20.5 Å². The summed E-state index contributed by atoms with van der Waals surface area (Å²) < 4.78 is 0. The minimum absolute atomic E-state index is 0.0525. The average molecular weight is 244 g/mol. The molecule has 0 spiro atoms. The summed E-state index contributed by atoms with van der Waals surface area (Å²) in [5, 5.41) is 8.62. The fraction of sp³-hybridized carbons (Fsp3) is 0.167. The molecule has 1 aromatic heterocycles. The molecule has 0 aliphatic rings. The van der Waals surface area contributed by atoms with Crippen LogP contribution in [0.2, 0.25) is 0 Å². The zero-order valence-corrected chi connectivity index (χ0v) is 9.59. The Morgan fingerprint density at radius 1 is 1.17 bits per heavy atom.